The number of nitrogens with zero attached hydrogens (tertiary/aromatic N) is 3. The van der Waals surface area contributed by atoms with Crippen molar-refractivity contribution < 1.29 is 9.53 Å². The maximum Gasteiger partial charge on any atom is 0.228 e. The van der Waals surface area contributed by atoms with Crippen LogP contribution in [0.15, 0.2) is 91.5 Å². The maximum atomic E-state index is 12.4. The van der Waals surface area contributed by atoms with Crippen molar-refractivity contribution in [1.29, 1.82) is 0 Å². The number of anilines is 2. The zero-order valence-corrected chi connectivity index (χ0v) is 20.3. The van der Waals surface area contributed by atoms with E-state index in [0.29, 0.717) is 17.3 Å². The zero-order chi connectivity index (χ0) is 23.9. The van der Waals surface area contributed by atoms with Crippen molar-refractivity contribution in [2.24, 2.45) is 0 Å². The standard InChI is InChI=1S/C27H25Cl2N3O2/c1-20(33)32(27-5-3-2-4-26(27)29)23-11-14-24(15-12-23)34-25(18-31-17-16-30-19-31)13-8-21-6-9-22(28)10-7-21/h2-7,9-12,14-17,19,25H,8,13,18H2,1H3. The second kappa shape index (κ2) is 11.2. The van der Waals surface area contributed by atoms with E-state index in [1.54, 1.807) is 23.5 Å². The minimum Gasteiger partial charge on any atom is -0.489 e. The molecule has 1 unspecified atom stereocenters. The molecular weight excluding hydrogens is 469 g/mol. The lowest BCUT2D eigenvalue weighted by atomic mass is 10.1. The molecule has 0 spiro atoms. The van der Waals surface area contributed by atoms with E-state index in [0.717, 1.165) is 29.3 Å². The van der Waals surface area contributed by atoms with Gasteiger partial charge in [0, 0.05) is 30.0 Å². The monoisotopic (exact) mass is 493 g/mol. The van der Waals surface area contributed by atoms with Crippen LogP contribution in [0.4, 0.5) is 11.4 Å². The first kappa shape index (κ1) is 23.9. The van der Waals surface area contributed by atoms with Gasteiger partial charge in [-0.3, -0.25) is 9.69 Å². The summed E-state index contributed by atoms with van der Waals surface area (Å²) in [4.78, 5) is 18.1. The third-order valence-corrected chi connectivity index (χ3v) is 6.02. The van der Waals surface area contributed by atoms with Crippen molar-refractivity contribution >= 4 is 40.5 Å². The number of ether oxygens (including phenoxy) is 1. The van der Waals surface area contributed by atoms with Crippen LogP contribution in [0.2, 0.25) is 10.0 Å². The number of carbonyl (C=O) groups excluding carboxylic acids is 1. The van der Waals surface area contributed by atoms with Gasteiger partial charge in [-0.2, -0.15) is 0 Å². The number of para-hydroxylation sites is 1. The molecule has 0 saturated carbocycles. The Hall–Kier alpha value is -3.28. The average Bonchev–Trinajstić information content (AvgIpc) is 3.34. The predicted octanol–water partition coefficient (Wildman–Crippen LogP) is 6.95. The van der Waals surface area contributed by atoms with Crippen LogP contribution < -0.4 is 9.64 Å². The molecule has 174 valence electrons. The molecule has 1 aromatic heterocycles. The Labute approximate surface area is 209 Å². The Bertz CT molecular complexity index is 1210. The van der Waals surface area contributed by atoms with Gasteiger partial charge in [0.05, 0.1) is 23.6 Å². The fourth-order valence-corrected chi connectivity index (χ4v) is 4.13. The Morgan fingerprint density at radius 3 is 2.41 bits per heavy atom. The molecule has 0 aliphatic heterocycles. The highest BCUT2D eigenvalue weighted by atomic mass is 35.5. The van der Waals surface area contributed by atoms with Gasteiger partial charge < -0.3 is 9.30 Å². The predicted molar refractivity (Wildman–Crippen MR) is 137 cm³/mol. The number of imidazole rings is 1. The summed E-state index contributed by atoms with van der Waals surface area (Å²) in [5.41, 5.74) is 2.57. The van der Waals surface area contributed by atoms with E-state index in [1.165, 1.54) is 12.5 Å². The first-order chi connectivity index (χ1) is 16.5. The van der Waals surface area contributed by atoms with Gasteiger partial charge in [-0.25, -0.2) is 4.98 Å². The Balaban J connectivity index is 1.50. The van der Waals surface area contributed by atoms with Gasteiger partial charge in [-0.1, -0.05) is 47.5 Å². The lowest BCUT2D eigenvalue weighted by Crippen LogP contribution is -2.24. The summed E-state index contributed by atoms with van der Waals surface area (Å²) in [6.45, 7) is 2.19. The third kappa shape index (κ3) is 6.19. The average molecular weight is 494 g/mol. The molecule has 7 heteroatoms. The Kier molecular flexibility index (Phi) is 7.88. The van der Waals surface area contributed by atoms with Gasteiger partial charge in [0.1, 0.15) is 11.9 Å². The molecule has 4 rings (SSSR count). The van der Waals surface area contributed by atoms with E-state index in [9.17, 15) is 4.79 Å². The van der Waals surface area contributed by atoms with Gasteiger partial charge in [0.2, 0.25) is 5.91 Å². The number of halogens is 2. The largest absolute Gasteiger partial charge is 0.489 e. The number of carbonyl (C=O) groups is 1. The maximum absolute atomic E-state index is 12.4. The van der Waals surface area contributed by atoms with Crippen molar-refractivity contribution in [1.82, 2.24) is 9.55 Å². The lowest BCUT2D eigenvalue weighted by molar-refractivity contribution is -0.115. The normalized spacial score (nSPS) is 11.7. The van der Waals surface area contributed by atoms with Crippen LogP contribution in [0.25, 0.3) is 0 Å². The molecule has 0 fully saturated rings. The minimum atomic E-state index is -0.122. The minimum absolute atomic E-state index is 0.0665. The first-order valence-electron chi connectivity index (χ1n) is 11.0. The van der Waals surface area contributed by atoms with E-state index in [-0.39, 0.29) is 12.0 Å². The van der Waals surface area contributed by atoms with E-state index < -0.39 is 0 Å². The number of hydrogen-bond donors (Lipinski definition) is 0. The van der Waals surface area contributed by atoms with Crippen LogP contribution in [-0.2, 0) is 17.8 Å². The quantitative estimate of drug-likeness (QED) is 0.253. The summed E-state index contributed by atoms with van der Waals surface area (Å²) < 4.78 is 8.36. The molecule has 34 heavy (non-hydrogen) atoms. The van der Waals surface area contributed by atoms with Crippen molar-refractivity contribution in [2.45, 2.75) is 32.4 Å². The van der Waals surface area contributed by atoms with E-state index in [1.807, 2.05) is 77.5 Å². The SMILES string of the molecule is CC(=O)N(c1ccc(OC(CCc2ccc(Cl)cc2)Cn2ccnc2)cc1)c1ccccc1Cl. The number of benzene rings is 3. The molecular formula is C27H25Cl2N3O2. The number of aryl methyl sites for hydroxylation is 1. The van der Waals surface area contributed by atoms with E-state index in [2.05, 4.69) is 4.98 Å². The van der Waals surface area contributed by atoms with Crippen molar-refractivity contribution in [2.75, 3.05) is 4.90 Å². The molecule has 5 nitrogen and oxygen atoms in total. The second-order valence-electron chi connectivity index (χ2n) is 7.96. The summed E-state index contributed by atoms with van der Waals surface area (Å²) in [5.74, 6) is 0.607. The van der Waals surface area contributed by atoms with Gasteiger partial charge in [0.15, 0.2) is 0 Å². The fraction of sp³-hybridized carbons (Fsp3) is 0.185. The zero-order valence-electron chi connectivity index (χ0n) is 18.8. The molecule has 1 atom stereocenters. The van der Waals surface area contributed by atoms with Gasteiger partial charge in [-0.05, 0) is 66.9 Å². The molecule has 4 aromatic rings. The van der Waals surface area contributed by atoms with Gasteiger partial charge in [-0.15, -0.1) is 0 Å². The molecule has 1 heterocycles. The van der Waals surface area contributed by atoms with Gasteiger partial charge >= 0.3 is 0 Å². The summed E-state index contributed by atoms with van der Waals surface area (Å²) in [5, 5.41) is 1.24. The lowest BCUT2D eigenvalue weighted by Gasteiger charge is -2.24. The molecule has 0 N–H and O–H groups in total. The molecule has 3 aromatic carbocycles. The highest BCUT2D eigenvalue weighted by Crippen LogP contribution is 2.33. The van der Waals surface area contributed by atoms with Crippen molar-refractivity contribution in [3.63, 3.8) is 0 Å². The molecule has 0 saturated heterocycles. The summed E-state index contributed by atoms with van der Waals surface area (Å²) in [6, 6.07) is 22.7. The summed E-state index contributed by atoms with van der Waals surface area (Å²) >= 11 is 12.4. The van der Waals surface area contributed by atoms with Crippen LogP contribution in [0.5, 0.6) is 5.75 Å². The van der Waals surface area contributed by atoms with Crippen molar-refractivity contribution in [3.8, 4) is 5.75 Å². The van der Waals surface area contributed by atoms with Crippen LogP contribution in [0.3, 0.4) is 0 Å². The fourth-order valence-electron chi connectivity index (χ4n) is 3.79. The number of hydrogen-bond acceptors (Lipinski definition) is 3. The molecule has 0 bridgehead atoms. The molecule has 1 amide bonds. The number of amides is 1. The van der Waals surface area contributed by atoms with Crippen molar-refractivity contribution in [3.05, 3.63) is 107 Å². The first-order valence-corrected chi connectivity index (χ1v) is 11.8. The Morgan fingerprint density at radius 1 is 1.03 bits per heavy atom. The molecule has 0 aliphatic rings. The summed E-state index contributed by atoms with van der Waals surface area (Å²) in [7, 11) is 0. The highest BCUT2D eigenvalue weighted by molar-refractivity contribution is 6.34. The second-order valence-corrected chi connectivity index (χ2v) is 8.81. The molecule has 0 aliphatic carbocycles. The van der Waals surface area contributed by atoms with Crippen LogP contribution in [0.1, 0.15) is 18.9 Å². The molecule has 0 radical (unpaired) electrons. The van der Waals surface area contributed by atoms with Crippen LogP contribution in [-0.4, -0.2) is 21.6 Å². The van der Waals surface area contributed by atoms with E-state index in [4.69, 9.17) is 27.9 Å². The topological polar surface area (TPSA) is 47.4 Å². The number of aromatic nitrogens is 2. The number of rotatable bonds is 9. The van der Waals surface area contributed by atoms with Gasteiger partial charge in [0.25, 0.3) is 0 Å². The van der Waals surface area contributed by atoms with Crippen LogP contribution >= 0.6 is 23.2 Å². The van der Waals surface area contributed by atoms with E-state index >= 15 is 0 Å². The Morgan fingerprint density at radius 2 is 1.76 bits per heavy atom. The third-order valence-electron chi connectivity index (χ3n) is 5.45. The smallest absolute Gasteiger partial charge is 0.228 e. The summed E-state index contributed by atoms with van der Waals surface area (Å²) in [6.07, 6.45) is 7.09. The van der Waals surface area contributed by atoms with Crippen LogP contribution in [0, 0.1) is 0 Å². The highest BCUT2D eigenvalue weighted by Gasteiger charge is 2.18.